The minimum absolute atomic E-state index is 0.0621. The van der Waals surface area contributed by atoms with E-state index in [0.29, 0.717) is 47.6 Å². The van der Waals surface area contributed by atoms with Gasteiger partial charge in [-0.2, -0.15) is 0 Å². The lowest BCUT2D eigenvalue weighted by atomic mass is 9.97. The molecule has 1 atom stereocenters. The van der Waals surface area contributed by atoms with Crippen molar-refractivity contribution >= 4 is 29.1 Å². The van der Waals surface area contributed by atoms with Gasteiger partial charge in [-0.1, -0.05) is 59.1 Å². The second-order valence-electron chi connectivity index (χ2n) is 9.25. The zero-order valence-corrected chi connectivity index (χ0v) is 22.9. The predicted molar refractivity (Wildman–Crippen MR) is 151 cm³/mol. The van der Waals surface area contributed by atoms with Gasteiger partial charge < -0.3 is 19.9 Å². The first-order valence-electron chi connectivity index (χ1n) is 12.6. The molecule has 1 aliphatic heterocycles. The Hall–Kier alpha value is -3.19. The molecular weight excluding hydrogens is 523 g/mol. The molecule has 0 fully saturated rings. The summed E-state index contributed by atoms with van der Waals surface area (Å²) in [5, 5.41) is 0.948. The summed E-state index contributed by atoms with van der Waals surface area (Å²) in [6.45, 7) is 2.78. The Balaban J connectivity index is 1.27. The quantitative estimate of drug-likeness (QED) is 0.312. The van der Waals surface area contributed by atoms with Crippen LogP contribution in [-0.4, -0.2) is 30.6 Å². The monoisotopic (exact) mass is 554 g/mol. The van der Waals surface area contributed by atoms with Crippen molar-refractivity contribution in [3.8, 4) is 11.5 Å². The Kier molecular flexibility index (Phi) is 9.93. The summed E-state index contributed by atoms with van der Waals surface area (Å²) in [6, 6.07) is 11.2. The number of nitrogens with zero attached hydrogens (tertiary/aromatic N) is 1. The average molecular weight is 556 g/mol. The number of carbonyl (C=O) groups excluding carboxylic acids is 1. The lowest BCUT2D eigenvalue weighted by Gasteiger charge is -2.24. The van der Waals surface area contributed by atoms with Gasteiger partial charge in [0.05, 0.1) is 22.2 Å². The molecule has 0 saturated carbocycles. The molecule has 2 aromatic carbocycles. The van der Waals surface area contributed by atoms with Crippen LogP contribution in [0, 0.1) is 12.8 Å². The number of rotatable bonds is 11. The van der Waals surface area contributed by atoms with Crippen molar-refractivity contribution in [2.75, 3.05) is 19.8 Å². The molecular formula is C30H32Cl2N2O4. The van der Waals surface area contributed by atoms with Gasteiger partial charge >= 0.3 is 0 Å². The minimum atomic E-state index is -0.365. The van der Waals surface area contributed by atoms with Gasteiger partial charge in [-0.3, -0.25) is 9.69 Å². The molecule has 2 aliphatic rings. The van der Waals surface area contributed by atoms with E-state index in [1.165, 1.54) is 5.57 Å². The smallest absolute Gasteiger partial charge is 0.235 e. The van der Waals surface area contributed by atoms with Gasteiger partial charge in [-0.25, -0.2) is 0 Å². The highest BCUT2D eigenvalue weighted by Crippen LogP contribution is 2.34. The van der Waals surface area contributed by atoms with Crippen LogP contribution in [0.2, 0.25) is 10.0 Å². The number of carbonyl (C=O) groups is 1. The van der Waals surface area contributed by atoms with E-state index in [0.717, 1.165) is 29.7 Å². The molecule has 2 aromatic rings. The van der Waals surface area contributed by atoms with Gasteiger partial charge in [-0.05, 0) is 61.6 Å². The lowest BCUT2D eigenvalue weighted by Crippen LogP contribution is -2.35. The van der Waals surface area contributed by atoms with E-state index < -0.39 is 0 Å². The molecule has 0 bridgehead atoms. The summed E-state index contributed by atoms with van der Waals surface area (Å²) in [5.74, 6) is 1.47. The first-order valence-corrected chi connectivity index (χ1v) is 13.4. The van der Waals surface area contributed by atoms with Crippen molar-refractivity contribution in [1.82, 2.24) is 4.90 Å². The molecule has 6 nitrogen and oxygen atoms in total. The fraction of sp³-hybridized carbons (Fsp3) is 0.300. The molecule has 4 rings (SSSR count). The van der Waals surface area contributed by atoms with Crippen molar-refractivity contribution < 1.29 is 19.0 Å². The van der Waals surface area contributed by atoms with Crippen LogP contribution < -0.4 is 15.2 Å². The van der Waals surface area contributed by atoms with Gasteiger partial charge in [0.2, 0.25) is 5.91 Å². The first-order chi connectivity index (χ1) is 18.4. The number of halogens is 2. The molecule has 200 valence electrons. The van der Waals surface area contributed by atoms with Crippen LogP contribution in [0.4, 0.5) is 0 Å². The van der Waals surface area contributed by atoms with Gasteiger partial charge in [0.1, 0.15) is 31.0 Å². The van der Waals surface area contributed by atoms with Gasteiger partial charge in [0.25, 0.3) is 0 Å². The van der Waals surface area contributed by atoms with E-state index in [1.807, 2.05) is 31.2 Å². The number of ether oxygens (including phenoxy) is 3. The molecule has 2 N–H and O–H groups in total. The molecule has 0 radical (unpaired) electrons. The van der Waals surface area contributed by atoms with Crippen molar-refractivity contribution in [2.45, 2.75) is 32.6 Å². The number of allylic oxidation sites excluding steroid dienone is 4. The third-order valence-corrected chi connectivity index (χ3v) is 6.82. The SMILES string of the molecule is Cc1cc(Cl)c(OCCOc2ccc(CC(CN)C(=O)N3C=COC(CC4=CC=CCC4)=C3)cc2)c(Cl)c1. The first kappa shape index (κ1) is 27.8. The van der Waals surface area contributed by atoms with Gasteiger partial charge in [0.15, 0.2) is 5.75 Å². The second kappa shape index (κ2) is 13.6. The van der Waals surface area contributed by atoms with E-state index in [9.17, 15) is 4.79 Å². The Bertz CT molecular complexity index is 1230. The summed E-state index contributed by atoms with van der Waals surface area (Å²) < 4.78 is 17.1. The highest BCUT2D eigenvalue weighted by atomic mass is 35.5. The number of hydrogen-bond acceptors (Lipinski definition) is 5. The Morgan fingerprint density at radius 2 is 1.87 bits per heavy atom. The van der Waals surface area contributed by atoms with Crippen molar-refractivity contribution in [3.05, 3.63) is 106 Å². The lowest BCUT2D eigenvalue weighted by molar-refractivity contribution is -0.130. The molecule has 0 saturated heterocycles. The molecule has 1 heterocycles. The third kappa shape index (κ3) is 7.67. The fourth-order valence-corrected chi connectivity index (χ4v) is 4.98. The topological polar surface area (TPSA) is 74.0 Å². The van der Waals surface area contributed by atoms with Crippen LogP contribution in [0.25, 0.3) is 0 Å². The highest BCUT2D eigenvalue weighted by Gasteiger charge is 2.24. The largest absolute Gasteiger partial charge is 0.490 e. The number of nitrogens with two attached hydrogens (primary N) is 1. The predicted octanol–water partition coefficient (Wildman–Crippen LogP) is 6.71. The average Bonchev–Trinajstić information content (AvgIpc) is 2.92. The maximum Gasteiger partial charge on any atom is 0.235 e. The Morgan fingerprint density at radius 3 is 2.55 bits per heavy atom. The van der Waals surface area contributed by atoms with Crippen LogP contribution in [0.5, 0.6) is 11.5 Å². The standard InChI is InChI=1S/C30H32Cl2N2O4/c1-21-15-27(31)29(28(32)16-21)38-14-13-37-25-9-7-23(8-10-25)17-24(19-33)30(35)34-11-12-36-26(20-34)18-22-5-3-2-4-6-22/h2-3,5,7-12,15-16,20,24H,4,6,13-14,17-19,33H2,1H3. The summed E-state index contributed by atoms with van der Waals surface area (Å²) in [6.07, 6.45) is 14.5. The van der Waals surface area contributed by atoms with Gasteiger partial charge in [-0.15, -0.1) is 0 Å². The number of hydrogen-bond donors (Lipinski definition) is 1. The second-order valence-corrected chi connectivity index (χ2v) is 10.1. The fourth-order valence-electron chi connectivity index (χ4n) is 4.28. The normalized spacial score (nSPS) is 15.4. The van der Waals surface area contributed by atoms with E-state index >= 15 is 0 Å². The summed E-state index contributed by atoms with van der Waals surface area (Å²) in [7, 11) is 0. The van der Waals surface area contributed by atoms with E-state index in [2.05, 4.69) is 18.2 Å². The summed E-state index contributed by atoms with van der Waals surface area (Å²) in [4.78, 5) is 14.8. The molecule has 1 amide bonds. The van der Waals surface area contributed by atoms with Crippen LogP contribution in [0.1, 0.15) is 30.4 Å². The van der Waals surface area contributed by atoms with Crippen LogP contribution in [0.15, 0.2) is 84.6 Å². The summed E-state index contributed by atoms with van der Waals surface area (Å²) in [5.41, 5.74) is 9.25. The molecule has 0 spiro atoms. The zero-order valence-electron chi connectivity index (χ0n) is 21.4. The number of amides is 1. The summed E-state index contributed by atoms with van der Waals surface area (Å²) >= 11 is 12.4. The Morgan fingerprint density at radius 1 is 1.13 bits per heavy atom. The van der Waals surface area contributed by atoms with Crippen LogP contribution in [0.3, 0.4) is 0 Å². The van der Waals surface area contributed by atoms with E-state index in [1.54, 1.807) is 35.7 Å². The van der Waals surface area contributed by atoms with Crippen molar-refractivity contribution in [3.63, 3.8) is 0 Å². The van der Waals surface area contributed by atoms with Crippen molar-refractivity contribution in [2.24, 2.45) is 11.7 Å². The minimum Gasteiger partial charge on any atom is -0.490 e. The number of benzene rings is 2. The Labute approximate surface area is 233 Å². The zero-order chi connectivity index (χ0) is 26.9. The molecule has 8 heteroatoms. The molecule has 1 unspecified atom stereocenters. The van der Waals surface area contributed by atoms with Gasteiger partial charge in [0, 0.05) is 19.2 Å². The molecule has 1 aliphatic carbocycles. The highest BCUT2D eigenvalue weighted by molar-refractivity contribution is 6.37. The van der Waals surface area contributed by atoms with Crippen molar-refractivity contribution in [1.29, 1.82) is 0 Å². The number of aryl methyl sites for hydroxylation is 1. The molecule has 0 aromatic heterocycles. The van der Waals surface area contributed by atoms with Crippen LogP contribution in [-0.2, 0) is 16.0 Å². The maximum absolute atomic E-state index is 13.2. The van der Waals surface area contributed by atoms with E-state index in [4.69, 9.17) is 43.1 Å². The van der Waals surface area contributed by atoms with Crippen LogP contribution >= 0.6 is 23.2 Å². The maximum atomic E-state index is 13.2. The van der Waals surface area contributed by atoms with E-state index in [-0.39, 0.29) is 18.4 Å². The third-order valence-electron chi connectivity index (χ3n) is 6.26. The molecule has 38 heavy (non-hydrogen) atoms.